The third-order valence-electron chi connectivity index (χ3n) is 14.0. The highest BCUT2D eigenvalue weighted by Crippen LogP contribution is 2.60. The average molecular weight is 1430 g/mol. The topological polar surface area (TPSA) is 142 Å². The van der Waals surface area contributed by atoms with E-state index in [1.54, 1.807) is 45.3 Å². The van der Waals surface area contributed by atoms with E-state index in [-0.39, 0.29) is 26.4 Å². The smallest absolute Gasteiger partial charge is 0.305 e. The van der Waals surface area contributed by atoms with Crippen LogP contribution in [0.25, 0.3) is 68.3 Å². The molecule has 0 fully saturated rings. The first-order valence-electron chi connectivity index (χ1n) is 31.2. The molecule has 0 radical (unpaired) electrons. The van der Waals surface area contributed by atoms with E-state index in [1.165, 1.54) is 45.3 Å². The van der Waals surface area contributed by atoms with E-state index in [1.807, 2.05) is 59.3 Å². The van der Waals surface area contributed by atoms with Crippen molar-refractivity contribution in [1.82, 2.24) is 0 Å². The lowest BCUT2D eigenvalue weighted by Gasteiger charge is -2.19. The van der Waals surface area contributed by atoms with Crippen LogP contribution < -0.4 is 21.2 Å². The highest BCUT2D eigenvalue weighted by atomic mass is 32.1. The molecule has 0 atom stereocenters. The minimum absolute atomic E-state index is 0.273. The number of unbranched alkanes of at least 4 members (excludes halogenated alkanes) is 8. The maximum Gasteiger partial charge on any atom is 0.362 e. The molecular weight excluding hydrogens is 1340 g/mol. The lowest BCUT2D eigenvalue weighted by atomic mass is 10.3. The SMILES string of the molecule is CCCCOP(=O)(OCCCC)c1cc(-c2cc(P(=O)(OCCCC)OCCCC)c(-c3ccc(-c4ccc(-c5sc(-c6cc(P(=O)(OCCCC)OCCCC)c(-c7cccs7)s6)cc5P(=O)(OCCCC)OCCCC)s4)s3)s2)sc1-c1cccs1. The molecule has 24 heteroatoms. The average Bonchev–Trinajstić information content (AvgIpc) is 1.73. The van der Waals surface area contributed by atoms with Gasteiger partial charge in [-0.3, -0.25) is 18.3 Å². The summed E-state index contributed by atoms with van der Waals surface area (Å²) in [5, 5.41) is 6.12. The van der Waals surface area contributed by atoms with Crippen molar-refractivity contribution in [2.45, 2.75) is 158 Å². The molecule has 482 valence electrons. The number of rotatable bonds is 43. The maximum atomic E-state index is 15.6. The van der Waals surface area contributed by atoms with Crippen molar-refractivity contribution in [3.63, 3.8) is 0 Å². The molecule has 8 heterocycles. The van der Waals surface area contributed by atoms with Crippen molar-refractivity contribution < 1.29 is 54.5 Å². The Bertz CT molecular complexity index is 3280. The van der Waals surface area contributed by atoms with Gasteiger partial charge < -0.3 is 36.2 Å². The van der Waals surface area contributed by atoms with E-state index >= 15 is 18.3 Å². The van der Waals surface area contributed by atoms with E-state index < -0.39 is 30.4 Å². The standard InChI is InChI=1S/C64H86O12P4S8/c1-9-17-33-69-77(65,70-34-18-10-2)47-43-57(85-61(47)53-27-25-41-81-53)59-45-49(79(67,73-37-21-13-5)74-38-22-14-6)63(87-59)55-31-29-51(83-55)52-30-32-56(84-52)64-50(80(68,75-39-23-15-7)76-40-24-16-8)46-60(88-64)58-44-48(62(86-58)54-28-26-42-82-54)78(66,71-35-19-11-3)72-36-20-12-4/h25-32,41-46H,9-24,33-40H2,1-8H3. The molecule has 0 saturated heterocycles. The molecule has 88 heavy (non-hydrogen) atoms. The van der Waals surface area contributed by atoms with Gasteiger partial charge in [0.2, 0.25) is 0 Å². The highest BCUT2D eigenvalue weighted by molar-refractivity contribution is 7.65. The number of hydrogen-bond acceptors (Lipinski definition) is 20. The second-order valence-corrected chi connectivity index (χ2v) is 37.3. The normalized spacial score (nSPS) is 12.6. The summed E-state index contributed by atoms with van der Waals surface area (Å²) in [5.41, 5.74) is 0. The van der Waals surface area contributed by atoms with Crippen LogP contribution >= 0.6 is 121 Å². The molecule has 0 aliphatic rings. The van der Waals surface area contributed by atoms with Crippen LogP contribution in [-0.4, -0.2) is 52.9 Å². The van der Waals surface area contributed by atoms with Gasteiger partial charge >= 0.3 is 30.4 Å². The van der Waals surface area contributed by atoms with Crippen molar-refractivity contribution in [3.05, 3.63) is 83.6 Å². The van der Waals surface area contributed by atoms with E-state index in [4.69, 9.17) is 36.2 Å². The second kappa shape index (κ2) is 35.6. The van der Waals surface area contributed by atoms with Crippen molar-refractivity contribution in [1.29, 1.82) is 0 Å². The van der Waals surface area contributed by atoms with Gasteiger partial charge in [0.05, 0.1) is 93.6 Å². The fraction of sp³-hybridized carbons (Fsp3) is 0.500. The van der Waals surface area contributed by atoms with E-state index in [2.05, 4.69) is 79.7 Å². The summed E-state index contributed by atoms with van der Waals surface area (Å²) < 4.78 is 112. The zero-order valence-electron chi connectivity index (χ0n) is 52.0. The predicted octanol–water partition coefficient (Wildman–Crippen LogP) is 23.7. The first kappa shape index (κ1) is 72.0. The minimum Gasteiger partial charge on any atom is -0.305 e. The molecule has 0 amide bonds. The predicted molar refractivity (Wildman–Crippen MR) is 383 cm³/mol. The van der Waals surface area contributed by atoms with Gasteiger partial charge in [-0.2, -0.15) is 0 Å². The van der Waals surface area contributed by atoms with Crippen LogP contribution in [0.15, 0.2) is 83.6 Å². The van der Waals surface area contributed by atoms with Crippen LogP contribution in [0.4, 0.5) is 0 Å². The fourth-order valence-corrected chi connectivity index (χ4v) is 26.9. The fourth-order valence-electron chi connectivity index (χ4n) is 8.87. The summed E-state index contributed by atoms with van der Waals surface area (Å²) in [7, 11) is -15.4. The molecule has 0 aromatic carbocycles. The Balaban J connectivity index is 1.25. The Morgan fingerprint density at radius 1 is 0.273 bits per heavy atom. The van der Waals surface area contributed by atoms with Crippen LogP contribution in [0.3, 0.4) is 0 Å². The quantitative estimate of drug-likeness (QED) is 0.0265. The van der Waals surface area contributed by atoms with Crippen LogP contribution in [-0.2, 0) is 54.5 Å². The Labute approximate surface area is 554 Å². The van der Waals surface area contributed by atoms with Gasteiger partial charge in [0.15, 0.2) is 0 Å². The largest absolute Gasteiger partial charge is 0.362 e. The van der Waals surface area contributed by atoms with Crippen LogP contribution in [0.2, 0.25) is 0 Å². The third kappa shape index (κ3) is 18.4. The van der Waals surface area contributed by atoms with Crippen LogP contribution in [0.5, 0.6) is 0 Å². The monoisotopic (exact) mass is 1430 g/mol. The summed E-state index contributed by atoms with van der Waals surface area (Å²) in [6.07, 6.45) is 12.8. The van der Waals surface area contributed by atoms with Gasteiger partial charge in [0.25, 0.3) is 0 Å². The molecule has 0 aliphatic carbocycles. The van der Waals surface area contributed by atoms with E-state index in [0.29, 0.717) is 73.3 Å². The van der Waals surface area contributed by atoms with Crippen molar-refractivity contribution in [3.8, 4) is 68.3 Å². The first-order chi connectivity index (χ1) is 42.7. The summed E-state index contributed by atoms with van der Waals surface area (Å²) in [4.78, 5) is 12.3. The molecule has 8 aromatic heterocycles. The minimum atomic E-state index is -3.91. The molecule has 0 N–H and O–H groups in total. The summed E-state index contributed by atoms with van der Waals surface area (Å²) in [6.45, 7) is 19.0. The van der Waals surface area contributed by atoms with E-state index in [9.17, 15) is 0 Å². The Morgan fingerprint density at radius 3 is 0.693 bits per heavy atom. The molecule has 8 rings (SSSR count). The highest BCUT2D eigenvalue weighted by Gasteiger charge is 2.40. The third-order valence-corrected chi connectivity index (χ3v) is 32.3. The van der Waals surface area contributed by atoms with E-state index in [0.717, 1.165) is 145 Å². The second-order valence-electron chi connectivity index (χ2n) is 21.1. The lowest BCUT2D eigenvalue weighted by Crippen LogP contribution is -2.12. The van der Waals surface area contributed by atoms with Gasteiger partial charge in [-0.25, -0.2) is 0 Å². The molecular formula is C64H86O12P4S8. The Kier molecular flexibility index (Phi) is 29.2. The van der Waals surface area contributed by atoms with Gasteiger partial charge in [-0.1, -0.05) is 119 Å². The molecule has 0 aliphatic heterocycles. The molecule has 0 saturated carbocycles. The summed E-state index contributed by atoms with van der Waals surface area (Å²) in [6, 6.07) is 24.3. The molecule has 0 bridgehead atoms. The Morgan fingerprint density at radius 2 is 0.489 bits per heavy atom. The van der Waals surface area contributed by atoms with Gasteiger partial charge in [-0.15, -0.1) is 90.7 Å². The zero-order valence-corrected chi connectivity index (χ0v) is 62.1. The number of thiophene rings is 8. The van der Waals surface area contributed by atoms with Crippen molar-refractivity contribution in [2.24, 2.45) is 0 Å². The maximum absolute atomic E-state index is 15.6. The number of hydrogen-bond donors (Lipinski definition) is 0. The molecule has 8 aromatic rings. The van der Waals surface area contributed by atoms with Crippen LogP contribution in [0, 0.1) is 0 Å². The summed E-state index contributed by atoms with van der Waals surface area (Å²) in [5.74, 6) is 0. The van der Waals surface area contributed by atoms with Crippen LogP contribution in [0.1, 0.15) is 158 Å². The zero-order chi connectivity index (χ0) is 62.6. The van der Waals surface area contributed by atoms with Gasteiger partial charge in [0, 0.05) is 48.8 Å². The van der Waals surface area contributed by atoms with Crippen molar-refractivity contribution in [2.75, 3.05) is 52.9 Å². The van der Waals surface area contributed by atoms with Crippen molar-refractivity contribution >= 4 is 142 Å². The van der Waals surface area contributed by atoms with Gasteiger partial charge in [-0.05, 0) is 123 Å². The van der Waals surface area contributed by atoms with Gasteiger partial charge in [0.1, 0.15) is 0 Å². The first-order valence-corrected chi connectivity index (χ1v) is 44.0. The molecule has 0 spiro atoms. The summed E-state index contributed by atoms with van der Waals surface area (Å²) >= 11 is 12.5. The lowest BCUT2D eigenvalue weighted by molar-refractivity contribution is 0.208. The molecule has 0 unspecified atom stereocenters. The molecule has 12 nitrogen and oxygen atoms in total. The Hall–Kier alpha value is -1.80.